The van der Waals surface area contributed by atoms with Crippen LogP contribution in [0.5, 0.6) is 0 Å². The van der Waals surface area contributed by atoms with Gasteiger partial charge in [0.05, 0.1) is 0 Å². The second kappa shape index (κ2) is 3.07. The maximum Gasteiger partial charge on any atom is 0.260 e. The van der Waals surface area contributed by atoms with Gasteiger partial charge in [0, 0.05) is 6.08 Å². The molecule has 0 nitrogen and oxygen atoms in total. The number of hydrogen-bond donors (Lipinski definition) is 0. The normalized spacial score (nSPS) is 13.0. The third-order valence-corrected chi connectivity index (χ3v) is 0.516. The molecule has 0 amide bonds. The van der Waals surface area contributed by atoms with E-state index in [0.717, 1.165) is 0 Å². The highest BCUT2D eigenvalue weighted by Crippen LogP contribution is 2.08. The van der Waals surface area contributed by atoms with Gasteiger partial charge in [0.1, 0.15) is 0 Å². The molecule has 0 saturated heterocycles. The van der Waals surface area contributed by atoms with Crippen LogP contribution in [0.3, 0.4) is 0 Å². The lowest BCUT2D eigenvalue weighted by Gasteiger charge is -1.81. The Bertz CT molecular complexity index is 74.2. The van der Waals surface area contributed by atoms with Crippen molar-refractivity contribution < 1.29 is 13.2 Å². The summed E-state index contributed by atoms with van der Waals surface area (Å²) >= 11 is 2.19. The van der Waals surface area contributed by atoms with Crippen molar-refractivity contribution in [3.63, 3.8) is 0 Å². The van der Waals surface area contributed by atoms with Gasteiger partial charge in [0.25, 0.3) is 6.43 Å². The van der Waals surface area contributed by atoms with E-state index in [1.165, 1.54) is 0 Å². The van der Waals surface area contributed by atoms with E-state index in [4.69, 9.17) is 0 Å². The highest BCUT2D eigenvalue weighted by molar-refractivity contribution is 9.11. The molecule has 0 heterocycles. The van der Waals surface area contributed by atoms with Gasteiger partial charge in [-0.25, -0.2) is 8.78 Å². The summed E-state index contributed by atoms with van der Waals surface area (Å²) < 4.78 is 32.1. The molecule has 0 spiro atoms. The molecule has 0 aromatic rings. The molecule has 0 rings (SSSR count). The van der Waals surface area contributed by atoms with E-state index in [0.29, 0.717) is 0 Å². The van der Waals surface area contributed by atoms with Crippen molar-refractivity contribution in [2.45, 2.75) is 6.43 Å². The first-order valence-corrected chi connectivity index (χ1v) is 2.23. The van der Waals surface area contributed by atoms with Crippen LogP contribution in [0.2, 0.25) is 0 Å². The highest BCUT2D eigenvalue weighted by Gasteiger charge is 1.95. The summed E-state index contributed by atoms with van der Waals surface area (Å²) in [6.45, 7) is 0. The van der Waals surface area contributed by atoms with Gasteiger partial charge in [-0.15, -0.1) is 0 Å². The molecule has 0 aliphatic heterocycles. The zero-order valence-electron chi connectivity index (χ0n) is 3.17. The molecule has 0 aromatic heterocycles. The molecule has 7 heavy (non-hydrogen) atoms. The first kappa shape index (κ1) is 7.01. The maximum atomic E-state index is 11.2. The van der Waals surface area contributed by atoms with Gasteiger partial charge in [-0.05, 0) is 15.9 Å². The molecule has 0 bridgehead atoms. The van der Waals surface area contributed by atoms with Gasteiger partial charge >= 0.3 is 0 Å². The Kier molecular flexibility index (Phi) is 3.07. The summed E-state index contributed by atoms with van der Waals surface area (Å²) in [6, 6.07) is 0. The van der Waals surface area contributed by atoms with Gasteiger partial charge in [-0.2, -0.15) is 4.39 Å². The Morgan fingerprint density at radius 3 is 2.00 bits per heavy atom. The second-order valence-electron chi connectivity index (χ2n) is 0.791. The lowest BCUT2D eigenvalue weighted by Crippen LogP contribution is -1.78. The monoisotopic (exact) mass is 174 g/mol. The molecule has 0 atom stereocenters. The van der Waals surface area contributed by atoms with Crippen LogP contribution < -0.4 is 0 Å². The van der Waals surface area contributed by atoms with Gasteiger partial charge in [-0.1, -0.05) is 0 Å². The SMILES string of the molecule is FC(Br)=CC(F)F. The van der Waals surface area contributed by atoms with Crippen molar-refractivity contribution in [1.82, 2.24) is 0 Å². The molecular weight excluding hydrogens is 173 g/mol. The molecule has 0 N–H and O–H groups in total. The third-order valence-electron chi connectivity index (χ3n) is 0.252. The average Bonchev–Trinajstić information content (AvgIpc) is 1.27. The molecule has 0 radical (unpaired) electrons. The van der Waals surface area contributed by atoms with Gasteiger partial charge in [-0.3, -0.25) is 0 Å². The maximum absolute atomic E-state index is 11.2. The predicted octanol–water partition coefficient (Wildman–Crippen LogP) is 2.46. The Morgan fingerprint density at radius 1 is 1.57 bits per heavy atom. The van der Waals surface area contributed by atoms with Gasteiger partial charge < -0.3 is 0 Å². The smallest absolute Gasteiger partial charge is 0.206 e. The molecule has 0 fully saturated rings. The minimum Gasteiger partial charge on any atom is -0.206 e. The van der Waals surface area contributed by atoms with Gasteiger partial charge in [0.2, 0.25) is 0 Å². The van der Waals surface area contributed by atoms with E-state index in [1.54, 1.807) is 0 Å². The zero-order chi connectivity index (χ0) is 5.86. The fraction of sp³-hybridized carbons (Fsp3) is 0.333. The quantitative estimate of drug-likeness (QED) is 0.574. The standard InChI is InChI=1S/C3H2BrF3/c4-2(5)1-3(6)7/h1,3H. The number of alkyl halides is 2. The number of halogens is 4. The van der Waals surface area contributed by atoms with Crippen LogP contribution in [0.15, 0.2) is 10.8 Å². The van der Waals surface area contributed by atoms with Crippen molar-refractivity contribution in [2.24, 2.45) is 0 Å². The van der Waals surface area contributed by atoms with E-state index in [2.05, 4.69) is 15.9 Å². The molecule has 42 valence electrons. The molecule has 0 unspecified atom stereocenters. The van der Waals surface area contributed by atoms with Gasteiger partial charge in [0.15, 0.2) is 4.74 Å². The number of hydrogen-bond acceptors (Lipinski definition) is 0. The fourth-order valence-electron chi connectivity index (χ4n) is 0.0952. The van der Waals surface area contributed by atoms with Crippen LogP contribution >= 0.6 is 15.9 Å². The highest BCUT2D eigenvalue weighted by atomic mass is 79.9. The number of allylic oxidation sites excluding steroid dienone is 1. The molecule has 0 aromatic carbocycles. The first-order chi connectivity index (χ1) is 3.13. The Hall–Kier alpha value is 0.01000. The van der Waals surface area contributed by atoms with Crippen molar-refractivity contribution in [2.75, 3.05) is 0 Å². The van der Waals surface area contributed by atoms with E-state index in [1.807, 2.05) is 0 Å². The lowest BCUT2D eigenvalue weighted by molar-refractivity contribution is 0.202. The van der Waals surface area contributed by atoms with Crippen LogP contribution in [0.1, 0.15) is 0 Å². The summed E-state index contributed by atoms with van der Waals surface area (Å²) in [4.78, 5) is 0. The first-order valence-electron chi connectivity index (χ1n) is 1.44. The number of rotatable bonds is 1. The molecular formula is C3H2BrF3. The van der Waals surface area contributed by atoms with Crippen LogP contribution in [0.25, 0.3) is 0 Å². The van der Waals surface area contributed by atoms with Crippen molar-refractivity contribution in [3.8, 4) is 0 Å². The Balaban J connectivity index is 3.45. The fourth-order valence-corrected chi connectivity index (χ4v) is 0.295. The van der Waals surface area contributed by atoms with E-state index in [9.17, 15) is 13.2 Å². The average molecular weight is 175 g/mol. The third kappa shape index (κ3) is 6.01. The zero-order valence-corrected chi connectivity index (χ0v) is 4.75. The topological polar surface area (TPSA) is 0 Å². The minimum absolute atomic E-state index is 0.167. The van der Waals surface area contributed by atoms with Crippen molar-refractivity contribution >= 4 is 15.9 Å². The van der Waals surface area contributed by atoms with E-state index < -0.39 is 11.2 Å². The molecule has 0 saturated carbocycles. The summed E-state index contributed by atoms with van der Waals surface area (Å²) in [7, 11) is 0. The van der Waals surface area contributed by atoms with Crippen LogP contribution in [0.4, 0.5) is 13.2 Å². The Labute approximate surface area is 47.1 Å². The lowest BCUT2D eigenvalue weighted by atomic mass is 10.7. The molecule has 0 aliphatic rings. The Morgan fingerprint density at radius 2 is 2.00 bits per heavy atom. The summed E-state index contributed by atoms with van der Waals surface area (Å²) in [5.74, 6) is 0. The van der Waals surface area contributed by atoms with Crippen LogP contribution in [-0.2, 0) is 0 Å². The minimum atomic E-state index is -2.71. The van der Waals surface area contributed by atoms with E-state index >= 15 is 0 Å². The second-order valence-corrected chi connectivity index (χ2v) is 1.55. The summed E-state index contributed by atoms with van der Waals surface area (Å²) in [5, 5.41) is 0. The van der Waals surface area contributed by atoms with Crippen LogP contribution in [-0.4, -0.2) is 6.43 Å². The van der Waals surface area contributed by atoms with Crippen molar-refractivity contribution in [1.29, 1.82) is 0 Å². The molecule has 0 aliphatic carbocycles. The van der Waals surface area contributed by atoms with Crippen molar-refractivity contribution in [3.05, 3.63) is 10.8 Å². The largest absolute Gasteiger partial charge is 0.260 e. The predicted molar refractivity (Wildman–Crippen MR) is 24.1 cm³/mol. The molecule has 4 heteroatoms. The summed E-state index contributed by atoms with van der Waals surface area (Å²) in [6.07, 6.45) is -2.54. The van der Waals surface area contributed by atoms with E-state index in [-0.39, 0.29) is 6.08 Å². The summed E-state index contributed by atoms with van der Waals surface area (Å²) in [5.41, 5.74) is 0. The van der Waals surface area contributed by atoms with Crippen LogP contribution in [0, 0.1) is 0 Å².